The summed E-state index contributed by atoms with van der Waals surface area (Å²) >= 11 is 0. The average molecular weight is 296 g/mol. The number of alkyl halides is 3. The Kier molecular flexibility index (Phi) is 5.43. The number of hydrogen-bond donors (Lipinski definition) is 3. The normalized spacial score (nSPS) is 21.5. The molecule has 1 aliphatic carbocycles. The van der Waals surface area contributed by atoms with Crippen molar-refractivity contribution in [3.05, 3.63) is 0 Å². The van der Waals surface area contributed by atoms with E-state index < -0.39 is 24.2 Å². The lowest BCUT2D eigenvalue weighted by molar-refractivity contribution is -0.138. The van der Waals surface area contributed by atoms with Crippen molar-refractivity contribution < 1.29 is 23.1 Å². The van der Waals surface area contributed by atoms with Gasteiger partial charge in [0.1, 0.15) is 6.54 Å². The van der Waals surface area contributed by atoms with E-state index in [0.717, 1.165) is 12.8 Å². The van der Waals surface area contributed by atoms with Gasteiger partial charge < -0.3 is 15.7 Å². The zero-order valence-corrected chi connectivity index (χ0v) is 11.9. The minimum absolute atomic E-state index is 0.219. The fourth-order valence-electron chi connectivity index (χ4n) is 2.24. The lowest BCUT2D eigenvalue weighted by Crippen LogP contribution is -2.47. The maximum absolute atomic E-state index is 11.9. The minimum atomic E-state index is -4.40. The summed E-state index contributed by atoms with van der Waals surface area (Å²) in [4.78, 5) is 11.2. The van der Waals surface area contributed by atoms with Gasteiger partial charge in [-0.2, -0.15) is 13.2 Å². The predicted octanol–water partition coefficient (Wildman–Crippen LogP) is 1.59. The first-order valence-corrected chi connectivity index (χ1v) is 6.78. The number of amides is 1. The number of halogens is 3. The van der Waals surface area contributed by atoms with Gasteiger partial charge in [0.15, 0.2) is 0 Å². The van der Waals surface area contributed by atoms with Gasteiger partial charge in [-0.15, -0.1) is 0 Å². The molecule has 0 heterocycles. The molecule has 0 unspecified atom stereocenters. The lowest BCUT2D eigenvalue weighted by atomic mass is 9.71. The highest BCUT2D eigenvalue weighted by molar-refractivity contribution is 5.78. The predicted molar refractivity (Wildman–Crippen MR) is 69.1 cm³/mol. The van der Waals surface area contributed by atoms with E-state index in [4.69, 9.17) is 0 Å². The van der Waals surface area contributed by atoms with E-state index in [1.54, 1.807) is 5.32 Å². The molecule has 3 N–H and O–H groups in total. The van der Waals surface area contributed by atoms with E-state index in [9.17, 15) is 23.1 Å². The van der Waals surface area contributed by atoms with Crippen molar-refractivity contribution >= 4 is 5.91 Å². The molecule has 1 fully saturated rings. The first kappa shape index (κ1) is 17.2. The Morgan fingerprint density at radius 3 is 2.25 bits per heavy atom. The molecule has 118 valence electrons. The Hall–Kier alpha value is -0.820. The molecule has 0 aromatic rings. The van der Waals surface area contributed by atoms with E-state index >= 15 is 0 Å². The first-order chi connectivity index (χ1) is 9.02. The maximum atomic E-state index is 11.9. The molecule has 4 nitrogen and oxygen atoms in total. The van der Waals surface area contributed by atoms with Gasteiger partial charge >= 0.3 is 6.18 Å². The Labute approximate surface area is 117 Å². The van der Waals surface area contributed by atoms with E-state index in [2.05, 4.69) is 19.2 Å². The summed E-state index contributed by atoms with van der Waals surface area (Å²) in [5.74, 6) is -0.720. The molecule has 0 spiro atoms. The highest BCUT2D eigenvalue weighted by atomic mass is 19.4. The fourth-order valence-corrected chi connectivity index (χ4v) is 2.24. The summed E-state index contributed by atoms with van der Waals surface area (Å²) in [6.07, 6.45) is -1.34. The van der Waals surface area contributed by atoms with Gasteiger partial charge in [0.25, 0.3) is 0 Å². The molecule has 0 aromatic carbocycles. The van der Waals surface area contributed by atoms with E-state index in [0.29, 0.717) is 12.8 Å². The van der Waals surface area contributed by atoms with Gasteiger partial charge in [0.05, 0.1) is 12.1 Å². The topological polar surface area (TPSA) is 61.4 Å². The minimum Gasteiger partial charge on any atom is -0.389 e. The highest BCUT2D eigenvalue weighted by Gasteiger charge is 2.36. The third-order valence-electron chi connectivity index (χ3n) is 3.76. The smallest absolute Gasteiger partial charge is 0.389 e. The van der Waals surface area contributed by atoms with E-state index in [1.165, 1.54) is 0 Å². The van der Waals surface area contributed by atoms with Crippen LogP contribution in [-0.2, 0) is 4.79 Å². The number of nitrogens with one attached hydrogen (secondary N) is 2. The van der Waals surface area contributed by atoms with Crippen molar-refractivity contribution in [2.75, 3.05) is 19.6 Å². The highest BCUT2D eigenvalue weighted by Crippen LogP contribution is 2.39. The van der Waals surface area contributed by atoms with Gasteiger partial charge in [0.2, 0.25) is 5.91 Å². The lowest BCUT2D eigenvalue weighted by Gasteiger charge is -2.40. The van der Waals surface area contributed by atoms with Crippen molar-refractivity contribution in [1.82, 2.24) is 10.6 Å². The second-order valence-corrected chi connectivity index (χ2v) is 6.38. The van der Waals surface area contributed by atoms with Crippen LogP contribution in [0.3, 0.4) is 0 Å². The van der Waals surface area contributed by atoms with Gasteiger partial charge in [0, 0.05) is 6.54 Å². The summed E-state index contributed by atoms with van der Waals surface area (Å²) in [5, 5.41) is 14.8. The molecule has 0 saturated heterocycles. The van der Waals surface area contributed by atoms with Crippen LogP contribution in [0.15, 0.2) is 0 Å². The number of carbonyl (C=O) groups is 1. The molecule has 0 atom stereocenters. The van der Waals surface area contributed by atoms with Crippen LogP contribution in [0.25, 0.3) is 0 Å². The van der Waals surface area contributed by atoms with Crippen LogP contribution in [0.4, 0.5) is 13.2 Å². The summed E-state index contributed by atoms with van der Waals surface area (Å²) < 4.78 is 35.7. The summed E-state index contributed by atoms with van der Waals surface area (Å²) in [6.45, 7) is 2.96. The molecule has 0 aromatic heterocycles. The Bertz CT molecular complexity index is 333. The third kappa shape index (κ3) is 6.56. The summed E-state index contributed by atoms with van der Waals surface area (Å²) in [5.41, 5.74) is -0.643. The van der Waals surface area contributed by atoms with Crippen LogP contribution in [0, 0.1) is 5.41 Å². The summed E-state index contributed by atoms with van der Waals surface area (Å²) in [6, 6.07) is 0. The van der Waals surface area contributed by atoms with Crippen molar-refractivity contribution in [2.24, 2.45) is 5.41 Å². The molecule has 7 heteroatoms. The summed E-state index contributed by atoms with van der Waals surface area (Å²) in [7, 11) is 0. The van der Waals surface area contributed by atoms with Crippen LogP contribution < -0.4 is 10.6 Å². The van der Waals surface area contributed by atoms with Crippen LogP contribution in [0.5, 0.6) is 0 Å². The molecule has 1 rings (SSSR count). The standard InChI is InChI=1S/C13H23F3N2O2/c1-11(2)3-5-12(20,6-4-11)8-17-7-10(19)18-9-13(14,15)16/h17,20H,3-9H2,1-2H3,(H,18,19). The fraction of sp³-hybridized carbons (Fsp3) is 0.923. The van der Waals surface area contributed by atoms with Crippen LogP contribution in [0.2, 0.25) is 0 Å². The largest absolute Gasteiger partial charge is 0.405 e. The molecule has 0 bridgehead atoms. The van der Waals surface area contributed by atoms with Crippen molar-refractivity contribution in [1.29, 1.82) is 0 Å². The zero-order chi connectivity index (χ0) is 15.4. The van der Waals surface area contributed by atoms with Gasteiger partial charge in [-0.1, -0.05) is 13.8 Å². The molecule has 1 saturated carbocycles. The third-order valence-corrected chi connectivity index (χ3v) is 3.76. The molecule has 1 amide bonds. The SMILES string of the molecule is CC1(C)CCC(O)(CNCC(=O)NCC(F)(F)F)CC1. The van der Waals surface area contributed by atoms with E-state index in [-0.39, 0.29) is 18.5 Å². The van der Waals surface area contributed by atoms with Gasteiger partial charge in [-0.25, -0.2) is 0 Å². The molecule has 20 heavy (non-hydrogen) atoms. The average Bonchev–Trinajstić information content (AvgIpc) is 2.30. The quantitative estimate of drug-likeness (QED) is 0.722. The molecule has 0 aliphatic heterocycles. The van der Waals surface area contributed by atoms with Crippen molar-refractivity contribution in [3.8, 4) is 0 Å². The van der Waals surface area contributed by atoms with E-state index in [1.807, 2.05) is 0 Å². The molecular weight excluding hydrogens is 273 g/mol. The molecule has 0 radical (unpaired) electrons. The van der Waals surface area contributed by atoms with Crippen LogP contribution >= 0.6 is 0 Å². The number of carbonyl (C=O) groups excluding carboxylic acids is 1. The first-order valence-electron chi connectivity index (χ1n) is 6.78. The Balaban J connectivity index is 2.22. The number of rotatable bonds is 5. The van der Waals surface area contributed by atoms with Gasteiger partial charge in [-0.3, -0.25) is 4.79 Å². The zero-order valence-electron chi connectivity index (χ0n) is 11.9. The Morgan fingerprint density at radius 2 is 1.75 bits per heavy atom. The Morgan fingerprint density at radius 1 is 1.20 bits per heavy atom. The maximum Gasteiger partial charge on any atom is 0.405 e. The second kappa shape index (κ2) is 6.30. The van der Waals surface area contributed by atoms with Crippen molar-refractivity contribution in [2.45, 2.75) is 51.3 Å². The molecule has 1 aliphatic rings. The number of aliphatic hydroxyl groups is 1. The second-order valence-electron chi connectivity index (χ2n) is 6.38. The molecular formula is C13H23F3N2O2. The van der Waals surface area contributed by atoms with Crippen molar-refractivity contribution in [3.63, 3.8) is 0 Å². The van der Waals surface area contributed by atoms with Crippen LogP contribution in [-0.4, -0.2) is 42.4 Å². The monoisotopic (exact) mass is 296 g/mol. The van der Waals surface area contributed by atoms with Crippen LogP contribution in [0.1, 0.15) is 39.5 Å². The number of hydrogen-bond acceptors (Lipinski definition) is 3. The van der Waals surface area contributed by atoms with Gasteiger partial charge in [-0.05, 0) is 31.1 Å².